The summed E-state index contributed by atoms with van der Waals surface area (Å²) in [5.74, 6) is 1.10. The molecule has 0 spiro atoms. The average Bonchev–Trinajstić information content (AvgIpc) is 2.93. The van der Waals surface area contributed by atoms with E-state index in [1.165, 1.54) is 32.1 Å². The molecular formula is C16H24N4. The van der Waals surface area contributed by atoms with Crippen LogP contribution in [0.2, 0.25) is 0 Å². The summed E-state index contributed by atoms with van der Waals surface area (Å²) in [4.78, 5) is 14.5. The van der Waals surface area contributed by atoms with Crippen molar-refractivity contribution in [1.29, 1.82) is 0 Å². The maximum atomic E-state index is 4.54. The second-order valence-electron chi connectivity index (χ2n) is 6.38. The van der Waals surface area contributed by atoms with Crippen LogP contribution in [0.15, 0.2) is 18.6 Å². The first-order chi connectivity index (χ1) is 9.72. The van der Waals surface area contributed by atoms with Gasteiger partial charge in [0.25, 0.3) is 0 Å². The van der Waals surface area contributed by atoms with Crippen molar-refractivity contribution in [2.75, 3.05) is 18.0 Å². The number of unbranched alkanes of at least 4 members (excludes halogenated alkanes) is 1. The number of aromatic amines is 1. The Hall–Kier alpha value is -1.58. The van der Waals surface area contributed by atoms with Crippen LogP contribution < -0.4 is 4.90 Å². The lowest BCUT2D eigenvalue weighted by molar-refractivity contribution is 0.234. The number of aromatic nitrogens is 3. The van der Waals surface area contributed by atoms with Gasteiger partial charge in [0.05, 0.1) is 5.39 Å². The molecule has 2 aromatic rings. The fourth-order valence-corrected chi connectivity index (χ4v) is 3.41. The number of hydrogen-bond donors (Lipinski definition) is 1. The number of piperidine rings is 1. The Bertz CT molecular complexity index is 577. The zero-order chi connectivity index (χ0) is 14.0. The topological polar surface area (TPSA) is 44.8 Å². The highest BCUT2D eigenvalue weighted by molar-refractivity contribution is 5.87. The predicted octanol–water partition coefficient (Wildman–Crippen LogP) is 3.75. The zero-order valence-electron chi connectivity index (χ0n) is 12.5. The summed E-state index contributed by atoms with van der Waals surface area (Å²) in [5.41, 5.74) is 1.37. The van der Waals surface area contributed by atoms with Crippen LogP contribution in [0.25, 0.3) is 11.0 Å². The summed E-state index contributed by atoms with van der Waals surface area (Å²) >= 11 is 0. The Labute approximate surface area is 120 Å². The standard InChI is InChI=1S/C16H24N4/c1-3-4-7-16(2)8-5-10-20(11-16)15-13-6-9-17-14(13)18-12-19-15/h6,9,12H,3-5,7-8,10-11H2,1-2H3,(H,17,18,19). The van der Waals surface area contributed by atoms with Gasteiger partial charge in [0, 0.05) is 19.3 Å². The van der Waals surface area contributed by atoms with Crippen LogP contribution in [0, 0.1) is 5.41 Å². The number of nitrogens with one attached hydrogen (secondary N) is 1. The van der Waals surface area contributed by atoms with Crippen LogP contribution in [0.3, 0.4) is 0 Å². The molecule has 1 aliphatic heterocycles. The second-order valence-corrected chi connectivity index (χ2v) is 6.38. The van der Waals surface area contributed by atoms with E-state index in [1.54, 1.807) is 6.33 Å². The molecule has 1 saturated heterocycles. The first kappa shape index (κ1) is 13.4. The Morgan fingerprint density at radius 2 is 2.30 bits per heavy atom. The van der Waals surface area contributed by atoms with Gasteiger partial charge < -0.3 is 9.88 Å². The van der Waals surface area contributed by atoms with Crippen LogP contribution in [-0.2, 0) is 0 Å². The van der Waals surface area contributed by atoms with Gasteiger partial charge in [-0.15, -0.1) is 0 Å². The summed E-state index contributed by atoms with van der Waals surface area (Å²) in [7, 11) is 0. The number of hydrogen-bond acceptors (Lipinski definition) is 3. The Morgan fingerprint density at radius 3 is 3.15 bits per heavy atom. The molecule has 3 rings (SSSR count). The Morgan fingerprint density at radius 1 is 1.40 bits per heavy atom. The maximum Gasteiger partial charge on any atom is 0.142 e. The molecule has 0 aliphatic carbocycles. The maximum absolute atomic E-state index is 4.54. The van der Waals surface area contributed by atoms with Gasteiger partial charge in [-0.3, -0.25) is 0 Å². The van der Waals surface area contributed by atoms with Gasteiger partial charge in [0.2, 0.25) is 0 Å². The molecule has 1 atom stereocenters. The van der Waals surface area contributed by atoms with Gasteiger partial charge in [-0.1, -0.05) is 26.7 Å². The molecule has 108 valence electrons. The Kier molecular flexibility index (Phi) is 3.64. The average molecular weight is 272 g/mol. The van der Waals surface area contributed by atoms with E-state index in [4.69, 9.17) is 0 Å². The lowest BCUT2D eigenvalue weighted by Gasteiger charge is -2.41. The van der Waals surface area contributed by atoms with E-state index >= 15 is 0 Å². The van der Waals surface area contributed by atoms with Crippen molar-refractivity contribution in [3.8, 4) is 0 Å². The smallest absolute Gasteiger partial charge is 0.142 e. The van der Waals surface area contributed by atoms with E-state index in [1.807, 2.05) is 6.20 Å². The summed E-state index contributed by atoms with van der Waals surface area (Å²) in [5, 5.41) is 1.15. The molecule has 4 heteroatoms. The van der Waals surface area contributed by atoms with Crippen molar-refractivity contribution in [3.63, 3.8) is 0 Å². The molecule has 4 nitrogen and oxygen atoms in total. The van der Waals surface area contributed by atoms with Crippen molar-refractivity contribution in [3.05, 3.63) is 18.6 Å². The molecule has 0 radical (unpaired) electrons. The molecule has 0 aromatic carbocycles. The van der Waals surface area contributed by atoms with Gasteiger partial charge in [0.1, 0.15) is 17.8 Å². The SMILES string of the molecule is CCCCC1(C)CCCN(c2ncnc3[nH]ccc23)C1. The molecule has 0 bridgehead atoms. The Balaban J connectivity index is 1.85. The molecule has 1 fully saturated rings. The third-order valence-corrected chi connectivity index (χ3v) is 4.55. The summed E-state index contributed by atoms with van der Waals surface area (Å²) in [6.07, 6.45) is 10.1. The van der Waals surface area contributed by atoms with E-state index in [9.17, 15) is 0 Å². The van der Waals surface area contributed by atoms with Crippen molar-refractivity contribution >= 4 is 16.9 Å². The van der Waals surface area contributed by atoms with Gasteiger partial charge in [-0.05, 0) is 30.7 Å². The first-order valence-corrected chi connectivity index (χ1v) is 7.75. The van der Waals surface area contributed by atoms with E-state index in [0.29, 0.717) is 5.41 Å². The molecule has 0 saturated carbocycles. The molecule has 20 heavy (non-hydrogen) atoms. The third-order valence-electron chi connectivity index (χ3n) is 4.55. The zero-order valence-corrected chi connectivity index (χ0v) is 12.5. The molecule has 1 unspecified atom stereocenters. The highest BCUT2D eigenvalue weighted by Gasteiger charge is 2.31. The normalized spacial score (nSPS) is 23.4. The lowest BCUT2D eigenvalue weighted by atomic mass is 9.78. The van der Waals surface area contributed by atoms with Crippen LogP contribution in [0.1, 0.15) is 46.0 Å². The number of anilines is 1. The second kappa shape index (κ2) is 5.43. The largest absolute Gasteiger partial charge is 0.355 e. The van der Waals surface area contributed by atoms with Crippen molar-refractivity contribution < 1.29 is 0 Å². The van der Waals surface area contributed by atoms with Gasteiger partial charge in [0.15, 0.2) is 0 Å². The molecule has 3 heterocycles. The van der Waals surface area contributed by atoms with Crippen LogP contribution in [0.5, 0.6) is 0 Å². The quantitative estimate of drug-likeness (QED) is 0.921. The summed E-state index contributed by atoms with van der Waals surface area (Å²) in [6, 6.07) is 2.09. The van der Waals surface area contributed by atoms with Gasteiger partial charge in [-0.2, -0.15) is 0 Å². The van der Waals surface area contributed by atoms with Crippen molar-refractivity contribution in [1.82, 2.24) is 15.0 Å². The van der Waals surface area contributed by atoms with E-state index in [-0.39, 0.29) is 0 Å². The summed E-state index contributed by atoms with van der Waals surface area (Å²) in [6.45, 7) is 6.94. The molecule has 2 aromatic heterocycles. The van der Waals surface area contributed by atoms with Crippen LogP contribution in [-0.4, -0.2) is 28.0 Å². The number of rotatable bonds is 4. The fourth-order valence-electron chi connectivity index (χ4n) is 3.41. The van der Waals surface area contributed by atoms with Crippen LogP contribution in [0.4, 0.5) is 5.82 Å². The van der Waals surface area contributed by atoms with Gasteiger partial charge >= 0.3 is 0 Å². The summed E-state index contributed by atoms with van der Waals surface area (Å²) < 4.78 is 0. The van der Waals surface area contributed by atoms with Crippen molar-refractivity contribution in [2.45, 2.75) is 46.0 Å². The van der Waals surface area contributed by atoms with E-state index in [0.717, 1.165) is 29.9 Å². The highest BCUT2D eigenvalue weighted by Crippen LogP contribution is 2.37. The number of nitrogens with zero attached hydrogens (tertiary/aromatic N) is 3. The highest BCUT2D eigenvalue weighted by atomic mass is 15.2. The van der Waals surface area contributed by atoms with E-state index in [2.05, 4.69) is 39.8 Å². The predicted molar refractivity (Wildman–Crippen MR) is 83.0 cm³/mol. The first-order valence-electron chi connectivity index (χ1n) is 7.75. The number of H-pyrrole nitrogens is 1. The lowest BCUT2D eigenvalue weighted by Crippen LogP contribution is -2.42. The minimum Gasteiger partial charge on any atom is -0.355 e. The molecule has 1 aliphatic rings. The monoisotopic (exact) mass is 272 g/mol. The minimum absolute atomic E-state index is 0.432. The molecule has 1 N–H and O–H groups in total. The van der Waals surface area contributed by atoms with E-state index < -0.39 is 0 Å². The fraction of sp³-hybridized carbons (Fsp3) is 0.625. The minimum atomic E-state index is 0.432. The molecular weight excluding hydrogens is 248 g/mol. The molecule has 0 amide bonds. The van der Waals surface area contributed by atoms with Gasteiger partial charge in [-0.25, -0.2) is 9.97 Å². The van der Waals surface area contributed by atoms with Crippen LogP contribution >= 0.6 is 0 Å². The van der Waals surface area contributed by atoms with Crippen molar-refractivity contribution in [2.24, 2.45) is 5.41 Å². The third kappa shape index (κ3) is 2.51. The number of fused-ring (bicyclic) bond motifs is 1.